The van der Waals surface area contributed by atoms with Gasteiger partial charge in [0.1, 0.15) is 0 Å². The van der Waals surface area contributed by atoms with Gasteiger partial charge in [-0.25, -0.2) is 4.79 Å². The summed E-state index contributed by atoms with van der Waals surface area (Å²) in [6.45, 7) is 6.99. The number of hydrogen-bond donors (Lipinski definition) is 0. The van der Waals surface area contributed by atoms with Crippen LogP contribution in [0.3, 0.4) is 0 Å². The van der Waals surface area contributed by atoms with Gasteiger partial charge in [-0.2, -0.15) is 5.10 Å². The summed E-state index contributed by atoms with van der Waals surface area (Å²) in [6.07, 6.45) is 7.02. The molecule has 3 heterocycles. The lowest BCUT2D eigenvalue weighted by Gasteiger charge is -2.43. The maximum Gasteiger partial charge on any atom is 0.409 e. The van der Waals surface area contributed by atoms with E-state index in [0.717, 1.165) is 51.0 Å². The third-order valence-electron chi connectivity index (χ3n) is 5.49. The molecule has 1 aromatic rings. The number of carbonyl (C=O) groups excluding carboxylic acids is 2. The number of carbonyl (C=O) groups is 2. The largest absolute Gasteiger partial charge is 0.450 e. The zero-order chi connectivity index (χ0) is 19.2. The third-order valence-corrected chi connectivity index (χ3v) is 5.49. The molecule has 0 aliphatic carbocycles. The van der Waals surface area contributed by atoms with E-state index in [-0.39, 0.29) is 12.0 Å². The van der Waals surface area contributed by atoms with Gasteiger partial charge in [0.05, 0.1) is 12.8 Å². The van der Waals surface area contributed by atoms with E-state index in [4.69, 9.17) is 4.74 Å². The van der Waals surface area contributed by atoms with Crippen molar-refractivity contribution in [1.29, 1.82) is 0 Å². The quantitative estimate of drug-likeness (QED) is 0.769. The highest BCUT2D eigenvalue weighted by Gasteiger charge is 2.31. The van der Waals surface area contributed by atoms with E-state index in [1.807, 2.05) is 31.3 Å². The summed E-state index contributed by atoms with van der Waals surface area (Å²) in [4.78, 5) is 30.7. The molecule has 0 N–H and O–H groups in total. The molecular formula is C19H31N5O3. The van der Waals surface area contributed by atoms with E-state index in [1.165, 1.54) is 0 Å². The van der Waals surface area contributed by atoms with Crippen molar-refractivity contribution in [1.82, 2.24) is 24.5 Å². The van der Waals surface area contributed by atoms with Crippen LogP contribution in [0.2, 0.25) is 0 Å². The van der Waals surface area contributed by atoms with Gasteiger partial charge >= 0.3 is 6.09 Å². The second-order valence-corrected chi connectivity index (χ2v) is 7.38. The number of nitrogens with zero attached hydrogens (tertiary/aromatic N) is 5. The van der Waals surface area contributed by atoms with Gasteiger partial charge in [-0.15, -0.1) is 0 Å². The fourth-order valence-corrected chi connectivity index (χ4v) is 3.97. The van der Waals surface area contributed by atoms with Crippen molar-refractivity contribution in [2.75, 3.05) is 45.9 Å². The molecule has 150 valence electrons. The SMILES string of the molecule is CCOC(=O)N1CCN(C2CCCN(C(=O)CCc3cnn(C)c3)C2)CC1. The number of likely N-dealkylation sites (tertiary alicyclic amines) is 1. The van der Waals surface area contributed by atoms with Gasteiger partial charge in [-0.3, -0.25) is 14.4 Å². The molecule has 8 nitrogen and oxygen atoms in total. The Morgan fingerprint density at radius 3 is 2.63 bits per heavy atom. The van der Waals surface area contributed by atoms with E-state index < -0.39 is 0 Å². The van der Waals surface area contributed by atoms with Gasteiger partial charge in [0, 0.05) is 65.0 Å². The molecule has 8 heteroatoms. The summed E-state index contributed by atoms with van der Waals surface area (Å²) in [5, 5.41) is 4.16. The average molecular weight is 377 g/mol. The van der Waals surface area contributed by atoms with Crippen molar-refractivity contribution in [2.45, 2.75) is 38.6 Å². The van der Waals surface area contributed by atoms with Crippen molar-refractivity contribution < 1.29 is 14.3 Å². The lowest BCUT2D eigenvalue weighted by molar-refractivity contribution is -0.133. The third kappa shape index (κ3) is 5.22. The second kappa shape index (κ2) is 9.21. The second-order valence-electron chi connectivity index (χ2n) is 7.38. The Morgan fingerprint density at radius 2 is 1.96 bits per heavy atom. The Balaban J connectivity index is 1.45. The molecule has 2 fully saturated rings. The van der Waals surface area contributed by atoms with Crippen LogP contribution in [-0.2, 0) is 23.0 Å². The number of aromatic nitrogens is 2. The topological polar surface area (TPSA) is 70.9 Å². The Labute approximate surface area is 161 Å². The van der Waals surface area contributed by atoms with Gasteiger partial charge in [0.2, 0.25) is 5.91 Å². The minimum Gasteiger partial charge on any atom is -0.450 e. The molecule has 1 atom stereocenters. The van der Waals surface area contributed by atoms with Crippen molar-refractivity contribution >= 4 is 12.0 Å². The van der Waals surface area contributed by atoms with Gasteiger partial charge in [-0.05, 0) is 31.7 Å². The summed E-state index contributed by atoms with van der Waals surface area (Å²) in [7, 11) is 1.89. The number of piperidine rings is 1. The van der Waals surface area contributed by atoms with Crippen molar-refractivity contribution in [3.63, 3.8) is 0 Å². The van der Waals surface area contributed by atoms with E-state index in [2.05, 4.69) is 10.00 Å². The first kappa shape index (κ1) is 19.7. The molecule has 1 aromatic heterocycles. The first-order valence-corrected chi connectivity index (χ1v) is 9.98. The number of ether oxygens (including phenoxy) is 1. The van der Waals surface area contributed by atoms with E-state index in [0.29, 0.717) is 32.2 Å². The molecular weight excluding hydrogens is 346 g/mol. The van der Waals surface area contributed by atoms with Crippen molar-refractivity contribution in [3.05, 3.63) is 18.0 Å². The van der Waals surface area contributed by atoms with Gasteiger partial charge < -0.3 is 14.5 Å². The van der Waals surface area contributed by atoms with Crippen LogP contribution in [0, 0.1) is 0 Å². The molecule has 0 bridgehead atoms. The van der Waals surface area contributed by atoms with Crippen LogP contribution in [0.15, 0.2) is 12.4 Å². The van der Waals surface area contributed by atoms with Gasteiger partial charge in [-0.1, -0.05) is 0 Å². The molecule has 2 aliphatic rings. The van der Waals surface area contributed by atoms with E-state index >= 15 is 0 Å². The maximum absolute atomic E-state index is 12.6. The molecule has 0 saturated carbocycles. The van der Waals surface area contributed by atoms with Crippen LogP contribution in [-0.4, -0.2) is 88.4 Å². The maximum atomic E-state index is 12.6. The zero-order valence-corrected chi connectivity index (χ0v) is 16.5. The molecule has 2 saturated heterocycles. The standard InChI is InChI=1S/C19H31N5O3/c1-3-27-19(26)23-11-9-22(10-12-23)17-5-4-8-24(15-17)18(25)7-6-16-13-20-21(2)14-16/h13-14,17H,3-12,15H2,1-2H3. The molecule has 27 heavy (non-hydrogen) atoms. The molecule has 0 aromatic carbocycles. The monoisotopic (exact) mass is 377 g/mol. The van der Waals surface area contributed by atoms with Crippen molar-refractivity contribution in [3.8, 4) is 0 Å². The molecule has 0 radical (unpaired) electrons. The Morgan fingerprint density at radius 1 is 1.19 bits per heavy atom. The van der Waals surface area contributed by atoms with Crippen LogP contribution in [0.5, 0.6) is 0 Å². The molecule has 2 aliphatic heterocycles. The lowest BCUT2D eigenvalue weighted by Crippen LogP contribution is -2.56. The van der Waals surface area contributed by atoms with Crippen LogP contribution in [0.25, 0.3) is 0 Å². The summed E-state index contributed by atoms with van der Waals surface area (Å²) in [5.74, 6) is 0.230. The smallest absolute Gasteiger partial charge is 0.409 e. The first-order chi connectivity index (χ1) is 13.1. The number of rotatable bonds is 5. The first-order valence-electron chi connectivity index (χ1n) is 9.98. The number of aryl methyl sites for hydroxylation is 2. The van der Waals surface area contributed by atoms with E-state index in [9.17, 15) is 9.59 Å². The highest BCUT2D eigenvalue weighted by molar-refractivity contribution is 5.76. The lowest BCUT2D eigenvalue weighted by atomic mass is 10.0. The zero-order valence-electron chi connectivity index (χ0n) is 16.5. The van der Waals surface area contributed by atoms with Crippen LogP contribution < -0.4 is 0 Å². The normalized spacial score (nSPS) is 21.3. The highest BCUT2D eigenvalue weighted by atomic mass is 16.6. The predicted molar refractivity (Wildman–Crippen MR) is 101 cm³/mol. The van der Waals surface area contributed by atoms with E-state index in [1.54, 1.807) is 9.58 Å². The van der Waals surface area contributed by atoms with Crippen molar-refractivity contribution in [2.24, 2.45) is 7.05 Å². The molecule has 1 unspecified atom stereocenters. The molecule has 3 rings (SSSR count). The van der Waals surface area contributed by atoms with Crippen LogP contribution >= 0.6 is 0 Å². The number of amides is 2. The fraction of sp³-hybridized carbons (Fsp3) is 0.737. The summed E-state index contributed by atoms with van der Waals surface area (Å²) < 4.78 is 6.86. The number of hydrogen-bond acceptors (Lipinski definition) is 5. The number of piperazine rings is 1. The Bertz CT molecular complexity index is 639. The predicted octanol–water partition coefficient (Wildman–Crippen LogP) is 1.12. The minimum absolute atomic E-state index is 0.215. The van der Waals surface area contributed by atoms with Gasteiger partial charge in [0.25, 0.3) is 0 Å². The molecule has 2 amide bonds. The van der Waals surface area contributed by atoms with Crippen LogP contribution in [0.1, 0.15) is 31.7 Å². The average Bonchev–Trinajstić information content (AvgIpc) is 3.12. The Kier molecular flexibility index (Phi) is 6.71. The van der Waals surface area contributed by atoms with Gasteiger partial charge in [0.15, 0.2) is 0 Å². The summed E-state index contributed by atoms with van der Waals surface area (Å²) >= 11 is 0. The minimum atomic E-state index is -0.215. The molecule has 0 spiro atoms. The Hall–Kier alpha value is -2.09. The summed E-state index contributed by atoms with van der Waals surface area (Å²) in [6, 6.07) is 0.394. The summed E-state index contributed by atoms with van der Waals surface area (Å²) in [5.41, 5.74) is 1.11. The fourth-order valence-electron chi connectivity index (χ4n) is 3.97. The highest BCUT2D eigenvalue weighted by Crippen LogP contribution is 2.19. The van der Waals surface area contributed by atoms with Crippen LogP contribution in [0.4, 0.5) is 4.79 Å².